The molecule has 0 saturated carbocycles. The quantitative estimate of drug-likeness (QED) is 0.696. The smallest absolute Gasteiger partial charge is 0.000824 e. The summed E-state index contributed by atoms with van der Waals surface area (Å²) in [4.78, 5) is 0. The second-order valence-electron chi connectivity index (χ2n) is 4.07. The van der Waals surface area contributed by atoms with Crippen molar-refractivity contribution in [2.45, 2.75) is 26.7 Å². The molecule has 0 saturated heterocycles. The molecule has 2 heteroatoms. The van der Waals surface area contributed by atoms with Crippen molar-refractivity contribution >= 4 is 0 Å². The lowest BCUT2D eigenvalue weighted by atomic mass is 10.0. The normalized spacial score (nSPS) is 10.6. The third kappa shape index (κ3) is 4.45. The topological polar surface area (TPSA) is 38.0 Å². The Bertz CT molecular complexity index is 295. The van der Waals surface area contributed by atoms with Gasteiger partial charge in [0.05, 0.1) is 0 Å². The summed E-state index contributed by atoms with van der Waals surface area (Å²) in [5.74, 6) is 0. The summed E-state index contributed by atoms with van der Waals surface area (Å²) in [5.41, 5.74) is 9.61. The van der Waals surface area contributed by atoms with Gasteiger partial charge in [0.25, 0.3) is 0 Å². The Labute approximate surface area is 92.9 Å². The zero-order chi connectivity index (χ0) is 11.1. The average molecular weight is 206 g/mol. The van der Waals surface area contributed by atoms with Crippen LogP contribution in [-0.4, -0.2) is 19.6 Å². The van der Waals surface area contributed by atoms with Crippen molar-refractivity contribution in [1.82, 2.24) is 5.32 Å². The minimum absolute atomic E-state index is 0.774. The second kappa shape index (κ2) is 6.59. The van der Waals surface area contributed by atoms with Crippen molar-refractivity contribution in [2.24, 2.45) is 5.73 Å². The van der Waals surface area contributed by atoms with Gasteiger partial charge in [-0.05, 0) is 57.5 Å². The summed E-state index contributed by atoms with van der Waals surface area (Å²) < 4.78 is 0. The number of rotatable bonds is 6. The van der Waals surface area contributed by atoms with E-state index >= 15 is 0 Å². The minimum atomic E-state index is 0.774. The Morgan fingerprint density at radius 2 is 2.00 bits per heavy atom. The van der Waals surface area contributed by atoms with Crippen LogP contribution in [-0.2, 0) is 6.42 Å². The molecule has 0 spiro atoms. The molecular weight excluding hydrogens is 184 g/mol. The van der Waals surface area contributed by atoms with Crippen LogP contribution in [0.25, 0.3) is 0 Å². The van der Waals surface area contributed by atoms with Crippen LogP contribution in [0.5, 0.6) is 0 Å². The highest BCUT2D eigenvalue weighted by Gasteiger charge is 1.97. The van der Waals surface area contributed by atoms with Gasteiger partial charge in [-0.25, -0.2) is 0 Å². The van der Waals surface area contributed by atoms with Crippen molar-refractivity contribution in [1.29, 1.82) is 0 Å². The highest BCUT2D eigenvalue weighted by atomic mass is 14.8. The van der Waals surface area contributed by atoms with Crippen LogP contribution in [0.1, 0.15) is 23.1 Å². The molecule has 15 heavy (non-hydrogen) atoms. The third-order valence-corrected chi connectivity index (χ3v) is 2.63. The predicted molar refractivity (Wildman–Crippen MR) is 66.2 cm³/mol. The van der Waals surface area contributed by atoms with Gasteiger partial charge >= 0.3 is 0 Å². The molecule has 0 unspecified atom stereocenters. The fourth-order valence-electron chi connectivity index (χ4n) is 1.70. The highest BCUT2D eigenvalue weighted by Crippen LogP contribution is 2.10. The van der Waals surface area contributed by atoms with Crippen LogP contribution >= 0.6 is 0 Å². The zero-order valence-corrected chi connectivity index (χ0v) is 9.84. The Morgan fingerprint density at radius 3 is 2.67 bits per heavy atom. The summed E-state index contributed by atoms with van der Waals surface area (Å²) in [5, 5.41) is 3.40. The predicted octanol–water partition coefficient (Wildman–Crippen LogP) is 1.78. The van der Waals surface area contributed by atoms with Gasteiger partial charge in [0, 0.05) is 0 Å². The third-order valence-electron chi connectivity index (χ3n) is 2.63. The maximum atomic E-state index is 5.42. The van der Waals surface area contributed by atoms with E-state index in [-0.39, 0.29) is 0 Å². The molecule has 0 aromatic heterocycles. The first-order chi connectivity index (χ1) is 7.24. The number of benzene rings is 1. The second-order valence-corrected chi connectivity index (χ2v) is 4.07. The molecular formula is C13H22N2. The molecule has 1 aromatic carbocycles. The van der Waals surface area contributed by atoms with E-state index in [1.165, 1.54) is 16.7 Å². The van der Waals surface area contributed by atoms with Crippen LogP contribution in [0.2, 0.25) is 0 Å². The Kier molecular flexibility index (Phi) is 5.37. The molecule has 2 nitrogen and oxygen atoms in total. The molecule has 1 aromatic rings. The lowest BCUT2D eigenvalue weighted by molar-refractivity contribution is 0.652. The lowest BCUT2D eigenvalue weighted by Crippen LogP contribution is -2.21. The van der Waals surface area contributed by atoms with Gasteiger partial charge in [0.1, 0.15) is 0 Å². The molecule has 0 heterocycles. The van der Waals surface area contributed by atoms with Gasteiger partial charge in [0.2, 0.25) is 0 Å². The first kappa shape index (κ1) is 12.2. The van der Waals surface area contributed by atoms with E-state index < -0.39 is 0 Å². The van der Waals surface area contributed by atoms with E-state index in [2.05, 4.69) is 37.4 Å². The monoisotopic (exact) mass is 206 g/mol. The summed E-state index contributed by atoms with van der Waals surface area (Å²) >= 11 is 0. The van der Waals surface area contributed by atoms with E-state index in [0.29, 0.717) is 0 Å². The average Bonchev–Trinajstić information content (AvgIpc) is 2.20. The number of nitrogens with one attached hydrogen (secondary N) is 1. The Balaban J connectivity index is 2.31. The summed E-state index contributed by atoms with van der Waals surface area (Å²) in [6.07, 6.45) is 2.17. The van der Waals surface area contributed by atoms with Crippen LogP contribution in [0.3, 0.4) is 0 Å². The molecule has 84 valence electrons. The molecule has 3 N–H and O–H groups in total. The minimum Gasteiger partial charge on any atom is -0.330 e. The number of hydrogen-bond donors (Lipinski definition) is 2. The number of hydrogen-bond acceptors (Lipinski definition) is 2. The standard InChI is InChI=1S/C13H22N2/c1-11-4-5-13(12(2)10-11)6-9-15-8-3-7-14/h4-5,10,15H,3,6-9,14H2,1-2H3. The molecule has 0 aliphatic heterocycles. The van der Waals surface area contributed by atoms with Gasteiger partial charge in [-0.15, -0.1) is 0 Å². The van der Waals surface area contributed by atoms with Crippen molar-refractivity contribution in [3.8, 4) is 0 Å². The highest BCUT2D eigenvalue weighted by molar-refractivity contribution is 5.30. The largest absolute Gasteiger partial charge is 0.330 e. The molecule has 0 aliphatic carbocycles. The van der Waals surface area contributed by atoms with Crippen LogP contribution in [0, 0.1) is 13.8 Å². The van der Waals surface area contributed by atoms with Crippen molar-refractivity contribution < 1.29 is 0 Å². The molecule has 0 fully saturated rings. The van der Waals surface area contributed by atoms with Crippen molar-refractivity contribution in [3.63, 3.8) is 0 Å². The number of aryl methyl sites for hydroxylation is 2. The van der Waals surface area contributed by atoms with Crippen molar-refractivity contribution in [2.75, 3.05) is 19.6 Å². The molecule has 0 amide bonds. The van der Waals surface area contributed by atoms with Gasteiger partial charge in [-0.1, -0.05) is 23.8 Å². The molecule has 0 radical (unpaired) electrons. The maximum Gasteiger partial charge on any atom is -0.000824 e. The fourth-order valence-corrected chi connectivity index (χ4v) is 1.70. The Morgan fingerprint density at radius 1 is 1.20 bits per heavy atom. The van der Waals surface area contributed by atoms with Crippen LogP contribution in [0.15, 0.2) is 18.2 Å². The SMILES string of the molecule is Cc1ccc(CCNCCCN)c(C)c1. The summed E-state index contributed by atoms with van der Waals surface area (Å²) in [6, 6.07) is 6.66. The molecule has 0 atom stereocenters. The maximum absolute atomic E-state index is 5.42. The van der Waals surface area contributed by atoms with Gasteiger partial charge in [-0.2, -0.15) is 0 Å². The van der Waals surface area contributed by atoms with E-state index in [0.717, 1.165) is 32.5 Å². The lowest BCUT2D eigenvalue weighted by Gasteiger charge is -2.07. The van der Waals surface area contributed by atoms with E-state index in [1.54, 1.807) is 0 Å². The molecule has 0 bridgehead atoms. The van der Waals surface area contributed by atoms with Crippen LogP contribution in [0.4, 0.5) is 0 Å². The van der Waals surface area contributed by atoms with E-state index in [4.69, 9.17) is 5.73 Å². The molecule has 0 aliphatic rings. The summed E-state index contributed by atoms with van der Waals surface area (Å²) in [6.45, 7) is 7.17. The van der Waals surface area contributed by atoms with E-state index in [9.17, 15) is 0 Å². The van der Waals surface area contributed by atoms with Crippen molar-refractivity contribution in [3.05, 3.63) is 34.9 Å². The van der Waals surface area contributed by atoms with Gasteiger partial charge in [0.15, 0.2) is 0 Å². The number of nitrogens with two attached hydrogens (primary N) is 1. The zero-order valence-electron chi connectivity index (χ0n) is 9.84. The summed E-state index contributed by atoms with van der Waals surface area (Å²) in [7, 11) is 0. The van der Waals surface area contributed by atoms with Gasteiger partial charge in [-0.3, -0.25) is 0 Å². The van der Waals surface area contributed by atoms with Crippen LogP contribution < -0.4 is 11.1 Å². The van der Waals surface area contributed by atoms with Gasteiger partial charge < -0.3 is 11.1 Å². The first-order valence-corrected chi connectivity index (χ1v) is 5.71. The Hall–Kier alpha value is -0.860. The fraction of sp³-hybridized carbons (Fsp3) is 0.538. The first-order valence-electron chi connectivity index (χ1n) is 5.71. The molecule has 1 rings (SSSR count). The van der Waals surface area contributed by atoms with E-state index in [1.807, 2.05) is 0 Å².